The fourth-order valence-corrected chi connectivity index (χ4v) is 2.76. The maximum atomic E-state index is 6.46. The average Bonchev–Trinajstić information content (AvgIpc) is 2.53. The van der Waals surface area contributed by atoms with E-state index in [1.54, 1.807) is 13.3 Å². The van der Waals surface area contributed by atoms with Crippen LogP contribution in [0.2, 0.25) is 0 Å². The van der Waals surface area contributed by atoms with Crippen molar-refractivity contribution >= 4 is 0 Å². The van der Waals surface area contributed by atoms with E-state index in [0.717, 1.165) is 29.2 Å². The highest BCUT2D eigenvalue weighted by molar-refractivity contribution is 5.41. The third-order valence-electron chi connectivity index (χ3n) is 3.77. The standard InChI is InChI=1S/C16H18N2O2/c1-19-14-7-4-9-18-16(14)15(17)12-8-10-20-13-6-3-2-5-11(12)13/h2-7,9,12,15H,8,10,17H2,1H3. The van der Waals surface area contributed by atoms with E-state index >= 15 is 0 Å². The fraction of sp³-hybridized carbons (Fsp3) is 0.312. The third-order valence-corrected chi connectivity index (χ3v) is 3.77. The zero-order chi connectivity index (χ0) is 13.9. The summed E-state index contributed by atoms with van der Waals surface area (Å²) in [6.45, 7) is 0.685. The number of nitrogens with zero attached hydrogens (tertiary/aromatic N) is 1. The Morgan fingerprint density at radius 2 is 2.15 bits per heavy atom. The first-order chi connectivity index (χ1) is 9.81. The number of para-hydroxylation sites is 1. The molecule has 0 saturated heterocycles. The van der Waals surface area contributed by atoms with Crippen LogP contribution in [0, 0.1) is 0 Å². The van der Waals surface area contributed by atoms with Gasteiger partial charge in [-0.3, -0.25) is 4.98 Å². The van der Waals surface area contributed by atoms with Crippen LogP contribution in [-0.2, 0) is 0 Å². The predicted octanol–water partition coefficient (Wildman–Crippen LogP) is 2.66. The van der Waals surface area contributed by atoms with Gasteiger partial charge in [0.15, 0.2) is 0 Å². The van der Waals surface area contributed by atoms with E-state index in [1.807, 2.05) is 30.3 Å². The highest BCUT2D eigenvalue weighted by Crippen LogP contribution is 2.41. The fourth-order valence-electron chi connectivity index (χ4n) is 2.76. The maximum absolute atomic E-state index is 6.46. The first-order valence-electron chi connectivity index (χ1n) is 6.77. The monoisotopic (exact) mass is 270 g/mol. The van der Waals surface area contributed by atoms with Crippen molar-refractivity contribution in [3.63, 3.8) is 0 Å². The molecule has 4 heteroatoms. The Bertz CT molecular complexity index is 601. The number of fused-ring (bicyclic) bond motifs is 1. The van der Waals surface area contributed by atoms with E-state index in [0.29, 0.717) is 6.61 Å². The molecule has 0 bridgehead atoms. The van der Waals surface area contributed by atoms with E-state index in [-0.39, 0.29) is 12.0 Å². The molecule has 3 rings (SSSR count). The summed E-state index contributed by atoms with van der Waals surface area (Å²) in [4.78, 5) is 4.41. The molecular weight excluding hydrogens is 252 g/mol. The van der Waals surface area contributed by atoms with Crippen LogP contribution in [0.3, 0.4) is 0 Å². The van der Waals surface area contributed by atoms with Crippen LogP contribution >= 0.6 is 0 Å². The number of ether oxygens (including phenoxy) is 2. The van der Waals surface area contributed by atoms with Gasteiger partial charge in [0.1, 0.15) is 11.5 Å². The van der Waals surface area contributed by atoms with E-state index in [1.165, 1.54) is 0 Å². The van der Waals surface area contributed by atoms with Crippen molar-refractivity contribution in [2.45, 2.75) is 18.4 Å². The molecule has 2 unspecified atom stereocenters. The van der Waals surface area contributed by atoms with Crippen molar-refractivity contribution in [1.29, 1.82) is 0 Å². The first-order valence-corrected chi connectivity index (χ1v) is 6.77. The molecule has 104 valence electrons. The van der Waals surface area contributed by atoms with E-state index < -0.39 is 0 Å². The molecule has 1 aliphatic rings. The molecule has 0 spiro atoms. The largest absolute Gasteiger partial charge is 0.495 e. The number of nitrogens with two attached hydrogens (primary N) is 1. The molecule has 1 aliphatic heterocycles. The van der Waals surface area contributed by atoms with Crippen molar-refractivity contribution in [2.75, 3.05) is 13.7 Å². The summed E-state index contributed by atoms with van der Waals surface area (Å²) in [5.41, 5.74) is 8.42. The lowest BCUT2D eigenvalue weighted by Crippen LogP contribution is -2.26. The summed E-state index contributed by atoms with van der Waals surface area (Å²) in [7, 11) is 1.64. The summed E-state index contributed by atoms with van der Waals surface area (Å²) in [6, 6.07) is 11.6. The lowest BCUT2D eigenvalue weighted by molar-refractivity contribution is 0.253. The Morgan fingerprint density at radius 1 is 1.30 bits per heavy atom. The van der Waals surface area contributed by atoms with Gasteiger partial charge in [0.2, 0.25) is 0 Å². The number of benzene rings is 1. The smallest absolute Gasteiger partial charge is 0.141 e. The lowest BCUT2D eigenvalue weighted by atomic mass is 9.85. The number of aromatic nitrogens is 1. The summed E-state index contributed by atoms with van der Waals surface area (Å²) < 4.78 is 11.1. The van der Waals surface area contributed by atoms with Gasteiger partial charge in [-0.15, -0.1) is 0 Å². The molecule has 0 radical (unpaired) electrons. The predicted molar refractivity (Wildman–Crippen MR) is 77.0 cm³/mol. The van der Waals surface area contributed by atoms with Gasteiger partial charge >= 0.3 is 0 Å². The van der Waals surface area contributed by atoms with Gasteiger partial charge < -0.3 is 15.2 Å². The van der Waals surface area contributed by atoms with Crippen molar-refractivity contribution in [1.82, 2.24) is 4.98 Å². The average molecular weight is 270 g/mol. The molecule has 1 aromatic heterocycles. The van der Waals surface area contributed by atoms with Gasteiger partial charge in [0.25, 0.3) is 0 Å². The molecule has 0 fully saturated rings. The Kier molecular flexibility index (Phi) is 3.56. The van der Waals surface area contributed by atoms with Gasteiger partial charge in [0, 0.05) is 12.1 Å². The van der Waals surface area contributed by atoms with Crippen molar-refractivity contribution < 1.29 is 9.47 Å². The van der Waals surface area contributed by atoms with Crippen LogP contribution in [0.1, 0.15) is 29.6 Å². The van der Waals surface area contributed by atoms with Crippen molar-refractivity contribution in [3.8, 4) is 11.5 Å². The molecule has 2 heterocycles. The van der Waals surface area contributed by atoms with Crippen molar-refractivity contribution in [3.05, 3.63) is 53.9 Å². The Labute approximate surface area is 118 Å². The van der Waals surface area contributed by atoms with Crippen LogP contribution in [0.5, 0.6) is 11.5 Å². The van der Waals surface area contributed by atoms with Crippen LogP contribution in [-0.4, -0.2) is 18.7 Å². The highest BCUT2D eigenvalue weighted by Gasteiger charge is 2.29. The van der Waals surface area contributed by atoms with Gasteiger partial charge in [0.05, 0.1) is 25.5 Å². The van der Waals surface area contributed by atoms with Gasteiger partial charge in [-0.1, -0.05) is 18.2 Å². The third kappa shape index (κ3) is 2.23. The SMILES string of the molecule is COc1cccnc1C(N)C1CCOc2ccccc21. The lowest BCUT2D eigenvalue weighted by Gasteiger charge is -2.30. The molecule has 1 aromatic carbocycles. The van der Waals surface area contributed by atoms with Gasteiger partial charge in [-0.25, -0.2) is 0 Å². The van der Waals surface area contributed by atoms with Crippen LogP contribution in [0.15, 0.2) is 42.6 Å². The summed E-state index contributed by atoms with van der Waals surface area (Å²) in [5, 5.41) is 0. The molecule has 2 aromatic rings. The Morgan fingerprint density at radius 3 is 3.00 bits per heavy atom. The maximum Gasteiger partial charge on any atom is 0.141 e. The van der Waals surface area contributed by atoms with Crippen LogP contribution in [0.4, 0.5) is 0 Å². The zero-order valence-electron chi connectivity index (χ0n) is 11.5. The number of methoxy groups -OCH3 is 1. The highest BCUT2D eigenvalue weighted by atomic mass is 16.5. The summed E-state index contributed by atoms with van der Waals surface area (Å²) in [6.07, 6.45) is 2.64. The number of pyridine rings is 1. The zero-order valence-corrected chi connectivity index (χ0v) is 11.5. The van der Waals surface area contributed by atoms with Crippen molar-refractivity contribution in [2.24, 2.45) is 5.73 Å². The first kappa shape index (κ1) is 12.9. The molecule has 4 nitrogen and oxygen atoms in total. The molecule has 0 saturated carbocycles. The van der Waals surface area contributed by atoms with E-state index in [2.05, 4.69) is 11.1 Å². The molecule has 2 atom stereocenters. The second kappa shape index (κ2) is 5.51. The minimum absolute atomic E-state index is 0.198. The summed E-state index contributed by atoms with van der Waals surface area (Å²) >= 11 is 0. The number of hydrogen-bond donors (Lipinski definition) is 1. The van der Waals surface area contributed by atoms with E-state index in [4.69, 9.17) is 15.2 Å². The van der Waals surface area contributed by atoms with Gasteiger partial charge in [-0.2, -0.15) is 0 Å². The minimum atomic E-state index is -0.198. The normalized spacial score (nSPS) is 18.8. The quantitative estimate of drug-likeness (QED) is 0.931. The number of hydrogen-bond acceptors (Lipinski definition) is 4. The van der Waals surface area contributed by atoms with E-state index in [9.17, 15) is 0 Å². The molecule has 2 N–H and O–H groups in total. The molecule has 20 heavy (non-hydrogen) atoms. The molecule has 0 aliphatic carbocycles. The van der Waals surface area contributed by atoms with Gasteiger partial charge in [-0.05, 0) is 30.2 Å². The Hall–Kier alpha value is -2.07. The molecular formula is C16H18N2O2. The Balaban J connectivity index is 1.97. The van der Waals surface area contributed by atoms with Crippen LogP contribution in [0.25, 0.3) is 0 Å². The second-order valence-electron chi connectivity index (χ2n) is 4.90. The summed E-state index contributed by atoms with van der Waals surface area (Å²) in [5.74, 6) is 1.86. The second-order valence-corrected chi connectivity index (χ2v) is 4.90. The number of rotatable bonds is 3. The van der Waals surface area contributed by atoms with Crippen LogP contribution < -0.4 is 15.2 Å². The minimum Gasteiger partial charge on any atom is -0.495 e. The molecule has 0 amide bonds. The topological polar surface area (TPSA) is 57.4 Å².